The molecule has 3 heterocycles. The first-order chi connectivity index (χ1) is 11.2. The molecule has 1 aliphatic rings. The number of carbonyl (C=O) groups is 1. The molecule has 1 fully saturated rings. The van der Waals surface area contributed by atoms with Crippen LogP contribution in [0.2, 0.25) is 0 Å². The van der Waals surface area contributed by atoms with Gasteiger partial charge in [0.15, 0.2) is 0 Å². The number of rotatable bonds is 5. The third-order valence-corrected chi connectivity index (χ3v) is 5.50. The van der Waals surface area contributed by atoms with E-state index in [9.17, 15) is 4.79 Å². The van der Waals surface area contributed by atoms with E-state index in [0.29, 0.717) is 12.3 Å². The van der Waals surface area contributed by atoms with Gasteiger partial charge in [0.25, 0.3) is 0 Å². The van der Waals surface area contributed by atoms with E-state index < -0.39 is 0 Å². The van der Waals surface area contributed by atoms with Crippen LogP contribution in [0, 0.1) is 0 Å². The Balaban J connectivity index is 1.55. The minimum Gasteiger partial charge on any atom is -0.342 e. The van der Waals surface area contributed by atoms with E-state index in [1.165, 1.54) is 10.7 Å². The molecule has 6 heteroatoms. The Kier molecular flexibility index (Phi) is 5.10. The lowest BCUT2D eigenvalue weighted by molar-refractivity contribution is -0.132. The molecule has 0 bridgehead atoms. The Labute approximate surface area is 141 Å². The van der Waals surface area contributed by atoms with E-state index in [2.05, 4.69) is 17.4 Å². The molecule has 2 aromatic heterocycles. The molecular weight excluding hydrogens is 308 g/mol. The first-order valence-electron chi connectivity index (χ1n) is 8.35. The van der Waals surface area contributed by atoms with E-state index in [1.807, 2.05) is 24.3 Å². The molecule has 3 rings (SSSR count). The maximum atomic E-state index is 12.5. The van der Waals surface area contributed by atoms with Crippen molar-refractivity contribution in [3.8, 4) is 0 Å². The molecule has 124 valence electrons. The van der Waals surface area contributed by atoms with Crippen molar-refractivity contribution in [3.05, 3.63) is 34.0 Å². The highest BCUT2D eigenvalue weighted by atomic mass is 32.1. The van der Waals surface area contributed by atoms with Crippen LogP contribution >= 0.6 is 11.3 Å². The zero-order valence-electron chi connectivity index (χ0n) is 13.9. The van der Waals surface area contributed by atoms with Gasteiger partial charge in [-0.1, -0.05) is 6.92 Å². The number of hydrogen-bond acceptors (Lipinski definition) is 4. The van der Waals surface area contributed by atoms with Crippen LogP contribution in [0.25, 0.3) is 0 Å². The van der Waals surface area contributed by atoms with Gasteiger partial charge in [-0.15, -0.1) is 11.3 Å². The Morgan fingerprint density at radius 2 is 2.35 bits per heavy atom. The number of likely N-dealkylation sites (tertiary alicyclic amines) is 1. The topological polar surface area (TPSA) is 51.0 Å². The molecule has 0 aromatic carbocycles. The molecule has 5 nitrogen and oxygen atoms in total. The number of aromatic nitrogens is 3. The largest absolute Gasteiger partial charge is 0.342 e. The summed E-state index contributed by atoms with van der Waals surface area (Å²) in [5, 5.41) is 7.51. The van der Waals surface area contributed by atoms with Gasteiger partial charge in [-0.05, 0) is 31.2 Å². The van der Waals surface area contributed by atoms with Crippen molar-refractivity contribution in [2.75, 3.05) is 13.1 Å². The minimum absolute atomic E-state index is 0.255. The number of aryl methyl sites for hydroxylation is 3. The molecule has 0 aliphatic carbocycles. The molecule has 0 unspecified atom stereocenters. The van der Waals surface area contributed by atoms with Crippen LogP contribution in [0.4, 0.5) is 0 Å². The maximum Gasteiger partial charge on any atom is 0.222 e. The molecule has 0 spiro atoms. The smallest absolute Gasteiger partial charge is 0.222 e. The van der Waals surface area contributed by atoms with Crippen LogP contribution in [0.15, 0.2) is 17.8 Å². The number of piperidine rings is 1. The van der Waals surface area contributed by atoms with Crippen molar-refractivity contribution in [1.82, 2.24) is 19.7 Å². The molecule has 0 N–H and O–H groups in total. The molecule has 1 amide bonds. The van der Waals surface area contributed by atoms with Crippen LogP contribution < -0.4 is 0 Å². The summed E-state index contributed by atoms with van der Waals surface area (Å²) in [7, 11) is 1.90. The summed E-state index contributed by atoms with van der Waals surface area (Å²) in [5.74, 6) is 0.669. The molecular formula is C17H24N4OS. The zero-order valence-corrected chi connectivity index (χ0v) is 14.7. The fraction of sp³-hybridized carbons (Fsp3) is 0.588. The Morgan fingerprint density at radius 3 is 3.04 bits per heavy atom. The van der Waals surface area contributed by atoms with Crippen LogP contribution in [-0.2, 0) is 24.7 Å². The lowest BCUT2D eigenvalue weighted by Crippen LogP contribution is -2.39. The normalized spacial score (nSPS) is 18.3. The van der Waals surface area contributed by atoms with Crippen LogP contribution in [0.1, 0.15) is 48.4 Å². The summed E-state index contributed by atoms with van der Waals surface area (Å²) in [6.45, 7) is 3.84. The van der Waals surface area contributed by atoms with Gasteiger partial charge in [0.2, 0.25) is 5.91 Å². The quantitative estimate of drug-likeness (QED) is 0.846. The maximum absolute atomic E-state index is 12.5. The summed E-state index contributed by atoms with van der Waals surface area (Å²) >= 11 is 1.75. The fourth-order valence-electron chi connectivity index (χ4n) is 3.09. The lowest BCUT2D eigenvalue weighted by Gasteiger charge is -2.32. The fourth-order valence-corrected chi connectivity index (χ4v) is 4.12. The highest BCUT2D eigenvalue weighted by molar-refractivity contribution is 7.09. The standard InChI is InChI=1S/C17H24N4OS/c1-3-15-12-23-17(19-15)14-5-4-8-21(11-14)16(22)7-6-13-9-18-20(2)10-13/h9-10,12,14H,3-8,11H2,1-2H3/t14-/m1/s1. The van der Waals surface area contributed by atoms with E-state index in [-0.39, 0.29) is 5.91 Å². The Hall–Kier alpha value is -1.69. The number of amides is 1. The summed E-state index contributed by atoms with van der Waals surface area (Å²) in [4.78, 5) is 19.2. The van der Waals surface area contributed by atoms with Gasteiger partial charge in [-0.2, -0.15) is 5.10 Å². The van der Waals surface area contributed by atoms with Crippen molar-refractivity contribution in [2.45, 2.75) is 44.9 Å². The molecule has 0 saturated carbocycles. The van der Waals surface area contributed by atoms with Crippen molar-refractivity contribution >= 4 is 17.2 Å². The summed E-state index contributed by atoms with van der Waals surface area (Å²) < 4.78 is 1.78. The van der Waals surface area contributed by atoms with Gasteiger partial charge < -0.3 is 4.90 Å². The molecule has 1 aliphatic heterocycles. The van der Waals surface area contributed by atoms with E-state index in [4.69, 9.17) is 4.98 Å². The second-order valence-electron chi connectivity index (χ2n) is 6.23. The summed E-state index contributed by atoms with van der Waals surface area (Å²) in [5.41, 5.74) is 2.30. The van der Waals surface area contributed by atoms with Crippen molar-refractivity contribution in [2.24, 2.45) is 7.05 Å². The lowest BCUT2D eigenvalue weighted by atomic mass is 9.98. The van der Waals surface area contributed by atoms with Gasteiger partial charge in [0.1, 0.15) is 0 Å². The van der Waals surface area contributed by atoms with Gasteiger partial charge in [-0.25, -0.2) is 4.98 Å². The number of nitrogens with zero attached hydrogens (tertiary/aromatic N) is 4. The van der Waals surface area contributed by atoms with Crippen LogP contribution in [0.5, 0.6) is 0 Å². The molecule has 0 radical (unpaired) electrons. The average Bonchev–Trinajstić information content (AvgIpc) is 3.21. The first-order valence-corrected chi connectivity index (χ1v) is 9.23. The van der Waals surface area contributed by atoms with Crippen molar-refractivity contribution in [3.63, 3.8) is 0 Å². The monoisotopic (exact) mass is 332 g/mol. The molecule has 1 atom stereocenters. The van der Waals surface area contributed by atoms with Crippen LogP contribution in [0.3, 0.4) is 0 Å². The highest BCUT2D eigenvalue weighted by Crippen LogP contribution is 2.29. The minimum atomic E-state index is 0.255. The van der Waals surface area contributed by atoms with Gasteiger partial charge >= 0.3 is 0 Å². The SMILES string of the molecule is CCc1csc([C@@H]2CCCN(C(=O)CCc3cnn(C)c3)C2)n1. The highest BCUT2D eigenvalue weighted by Gasteiger charge is 2.26. The number of hydrogen-bond donors (Lipinski definition) is 0. The third-order valence-electron chi connectivity index (χ3n) is 4.44. The third kappa shape index (κ3) is 3.99. The van der Waals surface area contributed by atoms with E-state index in [1.54, 1.807) is 16.0 Å². The number of thiazole rings is 1. The number of carbonyl (C=O) groups excluding carboxylic acids is 1. The second-order valence-corrected chi connectivity index (χ2v) is 7.12. The van der Waals surface area contributed by atoms with Gasteiger partial charge in [-0.3, -0.25) is 9.48 Å². The summed E-state index contributed by atoms with van der Waals surface area (Å²) in [6.07, 6.45) is 8.36. The Bertz CT molecular complexity index is 663. The molecule has 23 heavy (non-hydrogen) atoms. The van der Waals surface area contributed by atoms with E-state index >= 15 is 0 Å². The Morgan fingerprint density at radius 1 is 1.48 bits per heavy atom. The molecule has 2 aromatic rings. The first kappa shape index (κ1) is 16.2. The van der Waals surface area contributed by atoms with Crippen molar-refractivity contribution < 1.29 is 4.79 Å². The second kappa shape index (κ2) is 7.25. The predicted molar refractivity (Wildman–Crippen MR) is 91.6 cm³/mol. The van der Waals surface area contributed by atoms with Crippen LogP contribution in [-0.4, -0.2) is 38.7 Å². The molecule has 1 saturated heterocycles. The van der Waals surface area contributed by atoms with Crippen molar-refractivity contribution in [1.29, 1.82) is 0 Å². The average molecular weight is 332 g/mol. The van der Waals surface area contributed by atoms with Gasteiger partial charge in [0, 0.05) is 44.1 Å². The van der Waals surface area contributed by atoms with E-state index in [0.717, 1.165) is 44.3 Å². The zero-order chi connectivity index (χ0) is 16.2. The predicted octanol–water partition coefficient (Wildman–Crippen LogP) is 2.78. The van der Waals surface area contributed by atoms with Gasteiger partial charge in [0.05, 0.1) is 16.9 Å². The summed E-state index contributed by atoms with van der Waals surface area (Å²) in [6, 6.07) is 0.